The van der Waals surface area contributed by atoms with Crippen molar-refractivity contribution in [2.45, 2.75) is 52.1 Å². The summed E-state index contributed by atoms with van der Waals surface area (Å²) in [5, 5.41) is 2.75. The van der Waals surface area contributed by atoms with Crippen molar-refractivity contribution >= 4 is 30.6 Å². The molecule has 0 N–H and O–H groups in total. The highest BCUT2D eigenvalue weighted by atomic mass is 32.2. The van der Waals surface area contributed by atoms with E-state index in [2.05, 4.69) is 74.5 Å². The minimum atomic E-state index is -0.0683. The highest BCUT2D eigenvalue weighted by Crippen LogP contribution is 2.55. The monoisotopic (exact) mass is 469 g/mol. The first-order valence-corrected chi connectivity index (χ1v) is 14.2. The summed E-state index contributed by atoms with van der Waals surface area (Å²) in [6.45, 7) is 4.75. The van der Waals surface area contributed by atoms with Crippen LogP contribution in [0.2, 0.25) is 0 Å². The van der Waals surface area contributed by atoms with E-state index in [4.69, 9.17) is 9.47 Å². The summed E-state index contributed by atoms with van der Waals surface area (Å²) in [6, 6.07) is 22.4. The largest absolute Gasteiger partial charge is 0.467 e. The van der Waals surface area contributed by atoms with Crippen LogP contribution in [0.15, 0.2) is 60.7 Å². The average Bonchev–Trinajstić information content (AvgIpc) is 3.16. The molecule has 34 heavy (non-hydrogen) atoms. The lowest BCUT2D eigenvalue weighted by Gasteiger charge is -2.53. The van der Waals surface area contributed by atoms with Gasteiger partial charge in [0.1, 0.15) is 5.75 Å². The van der Waals surface area contributed by atoms with Crippen LogP contribution in [0.4, 0.5) is 0 Å². The second kappa shape index (κ2) is 8.10. The lowest BCUT2D eigenvalue weighted by atomic mass is 9.55. The molecule has 0 saturated heterocycles. The highest BCUT2D eigenvalue weighted by molar-refractivity contribution is 7.50. The van der Waals surface area contributed by atoms with Crippen molar-refractivity contribution in [2.24, 2.45) is 23.7 Å². The van der Waals surface area contributed by atoms with Crippen LogP contribution >= 0.6 is 10.5 Å². The number of aryl methyl sites for hydroxylation is 2. The molecule has 4 aliphatic rings. The van der Waals surface area contributed by atoms with Gasteiger partial charge in [-0.3, -0.25) is 0 Å². The van der Waals surface area contributed by atoms with Crippen molar-refractivity contribution in [3.05, 3.63) is 71.8 Å². The third kappa shape index (κ3) is 3.31. The van der Waals surface area contributed by atoms with Crippen LogP contribution in [0, 0.1) is 37.5 Å². The first kappa shape index (κ1) is 21.0. The Morgan fingerprint density at radius 3 is 1.82 bits per heavy atom. The lowest BCUT2D eigenvalue weighted by Crippen LogP contribution is -2.49. The number of rotatable bonds is 5. The second-order valence-electron chi connectivity index (χ2n) is 11.0. The molecule has 3 heteroatoms. The Labute approximate surface area is 204 Å². The zero-order valence-electron chi connectivity index (χ0n) is 20.1. The molecule has 0 atom stereocenters. The van der Waals surface area contributed by atoms with Crippen LogP contribution in [-0.4, -0.2) is 12.9 Å². The maximum atomic E-state index is 6.44. The Balaban J connectivity index is 1.15. The Morgan fingerprint density at radius 1 is 0.735 bits per heavy atom. The van der Waals surface area contributed by atoms with Crippen LogP contribution in [-0.2, 0) is 4.74 Å². The molecule has 0 unspecified atom stereocenters. The first-order valence-electron chi connectivity index (χ1n) is 12.9. The van der Waals surface area contributed by atoms with Crippen molar-refractivity contribution in [2.75, 3.05) is 6.79 Å². The van der Waals surface area contributed by atoms with Gasteiger partial charge in [-0.1, -0.05) is 24.3 Å². The molecule has 3 aromatic carbocycles. The zero-order valence-corrected chi connectivity index (χ0v) is 20.9. The van der Waals surface area contributed by atoms with E-state index in [0.717, 1.165) is 29.4 Å². The number of hydrogen-bond acceptors (Lipinski definition) is 2. The van der Waals surface area contributed by atoms with Crippen LogP contribution in [0.1, 0.15) is 43.2 Å². The van der Waals surface area contributed by atoms with Crippen LogP contribution in [0.5, 0.6) is 5.75 Å². The van der Waals surface area contributed by atoms with Gasteiger partial charge in [0, 0.05) is 33.4 Å². The summed E-state index contributed by atoms with van der Waals surface area (Å²) in [5.41, 5.74) is 2.41. The molecule has 4 bridgehead atoms. The van der Waals surface area contributed by atoms with Gasteiger partial charge in [-0.25, -0.2) is 0 Å². The average molecular weight is 470 g/mol. The summed E-state index contributed by atoms with van der Waals surface area (Å²) < 4.78 is 15.6. The fourth-order valence-corrected chi connectivity index (χ4v) is 10.2. The van der Waals surface area contributed by atoms with E-state index in [1.54, 1.807) is 0 Å². The maximum Gasteiger partial charge on any atom is 0.189 e. The third-order valence-corrected chi connectivity index (χ3v) is 11.1. The fraction of sp³-hybridized carbons (Fsp3) is 0.419. The number of benzene rings is 3. The summed E-state index contributed by atoms with van der Waals surface area (Å²) in [5.74, 6) is 4.50. The SMILES string of the molecule is Cc1cc(-[s+]2c3ccccc3c3ccccc32)cc(C)c1OCOC1C2CC3CC(C2)CC1C3. The number of ether oxygens (including phenoxy) is 2. The van der Waals surface area contributed by atoms with Gasteiger partial charge in [0.15, 0.2) is 21.1 Å². The van der Waals surface area contributed by atoms with E-state index < -0.39 is 0 Å². The van der Waals surface area contributed by atoms with Crippen molar-refractivity contribution in [1.29, 1.82) is 0 Å². The molecule has 4 aliphatic carbocycles. The molecule has 1 heterocycles. The van der Waals surface area contributed by atoms with E-state index in [-0.39, 0.29) is 10.5 Å². The van der Waals surface area contributed by atoms with Crippen LogP contribution in [0.25, 0.3) is 25.1 Å². The Hall–Kier alpha value is -2.36. The normalized spacial score (nSPS) is 27.6. The fourth-order valence-electron chi connectivity index (χ4n) is 7.68. The van der Waals surface area contributed by atoms with Gasteiger partial charge < -0.3 is 9.47 Å². The van der Waals surface area contributed by atoms with E-state index in [1.807, 2.05) is 0 Å². The third-order valence-electron chi connectivity index (χ3n) is 8.78. The molecule has 1 aromatic heterocycles. The summed E-state index contributed by atoms with van der Waals surface area (Å²) in [7, 11) is -0.0683. The number of hydrogen-bond donors (Lipinski definition) is 0. The summed E-state index contributed by atoms with van der Waals surface area (Å²) >= 11 is 0. The maximum absolute atomic E-state index is 6.44. The lowest BCUT2D eigenvalue weighted by molar-refractivity contribution is -0.155. The number of fused-ring (bicyclic) bond motifs is 3. The molecule has 0 spiro atoms. The van der Waals surface area contributed by atoms with Gasteiger partial charge in [0.2, 0.25) is 0 Å². The zero-order chi connectivity index (χ0) is 22.8. The van der Waals surface area contributed by atoms with Crippen LogP contribution in [0.3, 0.4) is 0 Å². The van der Waals surface area contributed by atoms with Gasteiger partial charge in [-0.15, -0.1) is 0 Å². The van der Waals surface area contributed by atoms with Crippen LogP contribution < -0.4 is 4.74 Å². The summed E-state index contributed by atoms with van der Waals surface area (Å²) in [6.07, 6.45) is 7.44. The molecule has 0 aliphatic heterocycles. The molecule has 174 valence electrons. The molecule has 4 saturated carbocycles. The molecule has 4 fully saturated rings. The van der Waals surface area contributed by atoms with E-state index in [9.17, 15) is 0 Å². The van der Waals surface area contributed by atoms with Crippen molar-refractivity contribution in [1.82, 2.24) is 0 Å². The first-order chi connectivity index (χ1) is 16.7. The molecule has 8 rings (SSSR count). The van der Waals surface area contributed by atoms with E-state index in [1.165, 1.54) is 68.3 Å². The van der Waals surface area contributed by atoms with Crippen molar-refractivity contribution in [3.8, 4) is 10.6 Å². The minimum absolute atomic E-state index is 0.0683. The summed E-state index contributed by atoms with van der Waals surface area (Å²) in [4.78, 5) is 1.38. The Morgan fingerprint density at radius 2 is 1.26 bits per heavy atom. The quantitative estimate of drug-likeness (QED) is 0.215. The van der Waals surface area contributed by atoms with Crippen molar-refractivity contribution in [3.63, 3.8) is 0 Å². The van der Waals surface area contributed by atoms with Gasteiger partial charge >= 0.3 is 0 Å². The van der Waals surface area contributed by atoms with Gasteiger partial charge in [-0.05, 0) is 105 Å². The molecule has 4 aromatic rings. The molecule has 0 radical (unpaired) electrons. The minimum Gasteiger partial charge on any atom is -0.467 e. The predicted octanol–water partition coefficient (Wildman–Crippen LogP) is 8.53. The molecule has 2 nitrogen and oxygen atoms in total. The highest BCUT2D eigenvalue weighted by Gasteiger charge is 2.48. The molecular formula is C31H33O2S+. The predicted molar refractivity (Wildman–Crippen MR) is 142 cm³/mol. The van der Waals surface area contributed by atoms with E-state index in [0.29, 0.717) is 12.9 Å². The Bertz CT molecular complexity index is 1280. The van der Waals surface area contributed by atoms with Gasteiger partial charge in [-0.2, -0.15) is 0 Å². The van der Waals surface area contributed by atoms with Gasteiger partial charge in [0.25, 0.3) is 0 Å². The smallest absolute Gasteiger partial charge is 0.189 e. The second-order valence-corrected chi connectivity index (χ2v) is 13.0. The van der Waals surface area contributed by atoms with Crippen molar-refractivity contribution < 1.29 is 9.47 Å². The number of thiophene rings is 1. The van der Waals surface area contributed by atoms with Gasteiger partial charge in [0.05, 0.1) is 6.10 Å². The standard InChI is InChI=1S/C31H33O2S/c1-19-11-25(34-28-9-5-3-7-26(28)27-8-4-6-10-29(27)34)12-20(2)30(19)32-18-33-31-23-14-21-13-22(16-23)17-24(31)15-21/h3-12,21-24,31H,13-18H2,1-2H3/q+1. The van der Waals surface area contributed by atoms with E-state index >= 15 is 0 Å². The molecule has 0 amide bonds. The topological polar surface area (TPSA) is 18.5 Å². The Kier molecular flexibility index (Phi) is 5.00. The molecular weight excluding hydrogens is 436 g/mol.